The van der Waals surface area contributed by atoms with Gasteiger partial charge in [-0.25, -0.2) is 0 Å². The fourth-order valence-electron chi connectivity index (χ4n) is 1.59. The van der Waals surface area contributed by atoms with E-state index in [2.05, 4.69) is 36.5 Å². The van der Waals surface area contributed by atoms with Gasteiger partial charge in [-0.15, -0.1) is 0 Å². The maximum Gasteiger partial charge on any atom is 0.303 e. The Kier molecular flexibility index (Phi) is 5.57. The number of rotatable bonds is 7. The molecule has 2 N–H and O–H groups in total. The second-order valence-electron chi connectivity index (χ2n) is 3.99. The van der Waals surface area contributed by atoms with Crippen LogP contribution in [-0.4, -0.2) is 24.2 Å². The molecule has 0 amide bonds. The first-order chi connectivity index (χ1) is 7.68. The van der Waals surface area contributed by atoms with Crippen molar-refractivity contribution in [2.75, 3.05) is 13.1 Å². The number of carboxylic acid groups (broad SMARTS) is 1. The van der Waals surface area contributed by atoms with Gasteiger partial charge in [-0.3, -0.25) is 4.79 Å². The van der Waals surface area contributed by atoms with Crippen molar-refractivity contribution in [1.29, 1.82) is 0 Å². The molecule has 0 saturated carbocycles. The summed E-state index contributed by atoms with van der Waals surface area (Å²) in [7, 11) is 0. The van der Waals surface area contributed by atoms with Crippen LogP contribution in [0.5, 0.6) is 0 Å². The molecule has 0 heterocycles. The van der Waals surface area contributed by atoms with Crippen molar-refractivity contribution in [2.24, 2.45) is 0 Å². The molecule has 0 atom stereocenters. The molecule has 0 aliphatic heterocycles. The zero-order valence-electron chi connectivity index (χ0n) is 9.70. The minimum Gasteiger partial charge on any atom is -0.481 e. The van der Waals surface area contributed by atoms with Gasteiger partial charge in [0.2, 0.25) is 0 Å². The summed E-state index contributed by atoms with van der Waals surface area (Å²) in [6.45, 7) is 3.77. The maximum atomic E-state index is 10.3. The lowest BCUT2D eigenvalue weighted by molar-refractivity contribution is -0.137. The van der Waals surface area contributed by atoms with Crippen molar-refractivity contribution >= 4 is 5.97 Å². The van der Waals surface area contributed by atoms with Gasteiger partial charge < -0.3 is 10.4 Å². The number of carbonyl (C=O) groups is 1. The fourth-order valence-corrected chi connectivity index (χ4v) is 1.59. The Balaban J connectivity index is 2.09. The fraction of sp³-hybridized carbons (Fsp3) is 0.462. The van der Waals surface area contributed by atoms with Crippen molar-refractivity contribution in [3.05, 3.63) is 35.4 Å². The van der Waals surface area contributed by atoms with Crippen molar-refractivity contribution in [2.45, 2.75) is 26.2 Å². The van der Waals surface area contributed by atoms with Crippen molar-refractivity contribution < 1.29 is 9.90 Å². The molecular weight excluding hydrogens is 202 g/mol. The minimum atomic E-state index is -0.722. The van der Waals surface area contributed by atoms with E-state index >= 15 is 0 Å². The molecule has 1 aromatic rings. The lowest BCUT2D eigenvalue weighted by Crippen LogP contribution is -2.19. The molecule has 0 bridgehead atoms. The van der Waals surface area contributed by atoms with Gasteiger partial charge in [0.25, 0.3) is 0 Å². The molecule has 0 saturated heterocycles. The zero-order chi connectivity index (χ0) is 11.8. The summed E-state index contributed by atoms with van der Waals surface area (Å²) < 4.78 is 0. The Morgan fingerprint density at radius 1 is 1.38 bits per heavy atom. The van der Waals surface area contributed by atoms with E-state index in [0.717, 1.165) is 19.5 Å². The third-order valence-corrected chi connectivity index (χ3v) is 2.42. The Morgan fingerprint density at radius 2 is 2.19 bits per heavy atom. The largest absolute Gasteiger partial charge is 0.481 e. The van der Waals surface area contributed by atoms with Gasteiger partial charge in [0, 0.05) is 6.42 Å². The van der Waals surface area contributed by atoms with Crippen molar-refractivity contribution in [3.8, 4) is 0 Å². The summed E-state index contributed by atoms with van der Waals surface area (Å²) in [4.78, 5) is 10.3. The standard InChI is InChI=1S/C13H19NO2/c1-11-4-2-5-12(10-11)7-9-14-8-3-6-13(15)16/h2,4-5,10,14H,3,6-9H2,1H3,(H,15,16). The average Bonchev–Trinajstić information content (AvgIpc) is 2.23. The minimum absolute atomic E-state index is 0.247. The van der Waals surface area contributed by atoms with Crippen LogP contribution >= 0.6 is 0 Å². The van der Waals surface area contributed by atoms with Crippen LogP contribution < -0.4 is 5.32 Å². The van der Waals surface area contributed by atoms with E-state index in [1.54, 1.807) is 0 Å². The molecule has 16 heavy (non-hydrogen) atoms. The Bertz CT molecular complexity index is 336. The first-order valence-corrected chi connectivity index (χ1v) is 5.66. The summed E-state index contributed by atoms with van der Waals surface area (Å²) in [5.41, 5.74) is 2.61. The number of carboxylic acids is 1. The molecule has 1 aromatic carbocycles. The summed E-state index contributed by atoms with van der Waals surface area (Å²) in [5.74, 6) is -0.722. The number of benzene rings is 1. The lowest BCUT2D eigenvalue weighted by Gasteiger charge is -2.04. The van der Waals surface area contributed by atoms with Crippen LogP contribution in [0.3, 0.4) is 0 Å². The van der Waals surface area contributed by atoms with Gasteiger partial charge in [0.1, 0.15) is 0 Å². The van der Waals surface area contributed by atoms with E-state index in [9.17, 15) is 4.79 Å². The van der Waals surface area contributed by atoms with Crippen LogP contribution in [0.15, 0.2) is 24.3 Å². The normalized spacial score (nSPS) is 10.3. The Hall–Kier alpha value is -1.35. The van der Waals surface area contributed by atoms with E-state index < -0.39 is 5.97 Å². The van der Waals surface area contributed by atoms with Crippen LogP contribution in [0.25, 0.3) is 0 Å². The molecule has 3 nitrogen and oxygen atoms in total. The van der Waals surface area contributed by atoms with E-state index in [1.165, 1.54) is 11.1 Å². The Morgan fingerprint density at radius 3 is 2.88 bits per heavy atom. The maximum absolute atomic E-state index is 10.3. The second-order valence-corrected chi connectivity index (χ2v) is 3.99. The highest BCUT2D eigenvalue weighted by atomic mass is 16.4. The monoisotopic (exact) mass is 221 g/mol. The quantitative estimate of drug-likeness (QED) is 0.692. The van der Waals surface area contributed by atoms with E-state index in [0.29, 0.717) is 6.42 Å². The second kappa shape index (κ2) is 7.01. The topological polar surface area (TPSA) is 49.3 Å². The predicted octanol–water partition coefficient (Wildman–Crippen LogP) is 1.99. The molecule has 0 spiro atoms. The molecular formula is C13H19NO2. The highest BCUT2D eigenvalue weighted by molar-refractivity contribution is 5.66. The van der Waals surface area contributed by atoms with Gasteiger partial charge in [-0.1, -0.05) is 29.8 Å². The predicted molar refractivity (Wildman–Crippen MR) is 64.6 cm³/mol. The van der Waals surface area contributed by atoms with E-state index in [-0.39, 0.29) is 6.42 Å². The van der Waals surface area contributed by atoms with E-state index in [1.807, 2.05) is 0 Å². The molecule has 1 rings (SSSR count). The third kappa shape index (κ3) is 5.51. The zero-order valence-corrected chi connectivity index (χ0v) is 9.70. The molecule has 0 aliphatic rings. The smallest absolute Gasteiger partial charge is 0.303 e. The summed E-state index contributed by atoms with van der Waals surface area (Å²) >= 11 is 0. The van der Waals surface area contributed by atoms with Crippen LogP contribution in [0.1, 0.15) is 24.0 Å². The van der Waals surface area contributed by atoms with Gasteiger partial charge in [-0.05, 0) is 38.4 Å². The number of nitrogens with one attached hydrogen (secondary N) is 1. The highest BCUT2D eigenvalue weighted by Gasteiger charge is 1.96. The molecule has 0 aliphatic carbocycles. The number of aliphatic carboxylic acids is 1. The van der Waals surface area contributed by atoms with Gasteiger partial charge in [-0.2, -0.15) is 0 Å². The number of hydrogen-bond donors (Lipinski definition) is 2. The number of hydrogen-bond acceptors (Lipinski definition) is 2. The lowest BCUT2D eigenvalue weighted by atomic mass is 10.1. The first kappa shape index (κ1) is 12.7. The van der Waals surface area contributed by atoms with Crippen molar-refractivity contribution in [3.63, 3.8) is 0 Å². The summed E-state index contributed by atoms with van der Waals surface area (Å²) in [6, 6.07) is 8.45. The van der Waals surface area contributed by atoms with Gasteiger partial charge in [0.05, 0.1) is 0 Å². The van der Waals surface area contributed by atoms with Crippen LogP contribution in [-0.2, 0) is 11.2 Å². The molecule has 0 fully saturated rings. The molecule has 0 aromatic heterocycles. The van der Waals surface area contributed by atoms with Crippen LogP contribution in [0.4, 0.5) is 0 Å². The Labute approximate surface area is 96.5 Å². The third-order valence-electron chi connectivity index (χ3n) is 2.42. The van der Waals surface area contributed by atoms with Gasteiger partial charge >= 0.3 is 5.97 Å². The number of aryl methyl sites for hydroxylation is 1. The van der Waals surface area contributed by atoms with Crippen molar-refractivity contribution in [1.82, 2.24) is 5.32 Å². The molecule has 0 radical (unpaired) electrons. The molecule has 3 heteroatoms. The molecule has 0 unspecified atom stereocenters. The average molecular weight is 221 g/mol. The van der Waals surface area contributed by atoms with Gasteiger partial charge in [0.15, 0.2) is 0 Å². The highest BCUT2D eigenvalue weighted by Crippen LogP contribution is 2.03. The van der Waals surface area contributed by atoms with E-state index in [4.69, 9.17) is 5.11 Å². The SMILES string of the molecule is Cc1cccc(CCNCCCC(=O)O)c1. The summed E-state index contributed by atoms with van der Waals surface area (Å²) in [6.07, 6.45) is 1.94. The van der Waals surface area contributed by atoms with Crippen LogP contribution in [0, 0.1) is 6.92 Å². The van der Waals surface area contributed by atoms with Crippen LogP contribution in [0.2, 0.25) is 0 Å². The molecule has 88 valence electrons. The summed E-state index contributed by atoms with van der Waals surface area (Å²) in [5, 5.41) is 11.7. The first-order valence-electron chi connectivity index (χ1n) is 5.66.